The molecule has 254 valence electrons. The zero-order valence-electron chi connectivity index (χ0n) is 25.9. The molecule has 0 saturated carbocycles. The second kappa shape index (κ2) is 16.4. The summed E-state index contributed by atoms with van der Waals surface area (Å²) in [5.41, 5.74) is -2.43. The van der Waals surface area contributed by atoms with Crippen LogP contribution in [0.5, 0.6) is 11.5 Å². The van der Waals surface area contributed by atoms with Gasteiger partial charge in [-0.05, 0) is 123 Å². The summed E-state index contributed by atoms with van der Waals surface area (Å²) in [6.07, 6.45) is 3.90. The molecule has 3 aliphatic rings. The van der Waals surface area contributed by atoms with Crippen molar-refractivity contribution in [2.45, 2.75) is 126 Å². The summed E-state index contributed by atoms with van der Waals surface area (Å²) in [4.78, 5) is 0. The average Bonchev–Trinajstić information content (AvgIpc) is 3.47. The number of halogens is 4. The second-order valence-electron chi connectivity index (χ2n) is 12.5. The van der Waals surface area contributed by atoms with E-state index in [1.54, 1.807) is 0 Å². The van der Waals surface area contributed by atoms with Crippen LogP contribution in [0.2, 0.25) is 0 Å². The number of benzene rings is 2. The van der Waals surface area contributed by atoms with E-state index >= 15 is 0 Å². The third kappa shape index (κ3) is 9.55. The maximum Gasteiger partial charge on any atom is 0.442 e. The number of nitrogens with zero attached hydrogens (tertiary/aromatic N) is 2. The Kier molecular flexibility index (Phi) is 12.6. The van der Waals surface area contributed by atoms with Gasteiger partial charge in [-0.25, -0.2) is 0 Å². The van der Waals surface area contributed by atoms with E-state index in [0.29, 0.717) is 31.8 Å². The molecule has 12 heteroatoms. The molecule has 0 aromatic heterocycles. The molecule has 3 heterocycles. The van der Waals surface area contributed by atoms with Crippen LogP contribution < -0.4 is 9.47 Å². The molecule has 0 unspecified atom stereocenters. The molecule has 2 aromatic rings. The highest BCUT2D eigenvalue weighted by Crippen LogP contribution is 2.52. The summed E-state index contributed by atoms with van der Waals surface area (Å²) in [7, 11) is 0. The summed E-state index contributed by atoms with van der Waals surface area (Å²) >= 11 is 2.27. The van der Waals surface area contributed by atoms with E-state index in [1.807, 2.05) is 24.3 Å². The Hall–Kier alpha value is -2.00. The average molecular weight is 759 g/mol. The predicted octanol–water partition coefficient (Wildman–Crippen LogP) is 7.87. The lowest BCUT2D eigenvalue weighted by Gasteiger charge is -2.24. The number of aliphatic hydroxyl groups is 2. The van der Waals surface area contributed by atoms with Crippen LogP contribution in [0.4, 0.5) is 13.2 Å². The smallest absolute Gasteiger partial charge is 0.442 e. The molecule has 0 radical (unpaired) electrons. The molecule has 46 heavy (non-hydrogen) atoms. The van der Waals surface area contributed by atoms with Crippen LogP contribution in [0.3, 0.4) is 0 Å². The van der Waals surface area contributed by atoms with Crippen molar-refractivity contribution in [2.24, 2.45) is 10.2 Å². The molecule has 2 saturated heterocycles. The first-order valence-electron chi connectivity index (χ1n) is 16.4. The van der Waals surface area contributed by atoms with Gasteiger partial charge in [-0.2, -0.15) is 13.2 Å². The van der Waals surface area contributed by atoms with Crippen LogP contribution in [0.1, 0.15) is 82.6 Å². The SMILES string of the molecule is O[C@H](CCCCCOc1ccc([125I])cc1)[C@H]1CC[C@H]([C@H]2CC[C@H]([C@H](O)CCCCCOc3ccc(C4(C(F)(F)F)N=N4)cc3)O2)O1. The van der Waals surface area contributed by atoms with Crippen molar-refractivity contribution in [1.29, 1.82) is 0 Å². The Morgan fingerprint density at radius 1 is 0.717 bits per heavy atom. The monoisotopic (exact) mass is 758 g/mol. The van der Waals surface area contributed by atoms with E-state index in [2.05, 4.69) is 32.8 Å². The van der Waals surface area contributed by atoms with Gasteiger partial charge in [0.2, 0.25) is 0 Å². The highest BCUT2D eigenvalue weighted by atomic mass is 125. The van der Waals surface area contributed by atoms with Crippen molar-refractivity contribution in [3.63, 3.8) is 0 Å². The maximum absolute atomic E-state index is 13.1. The first kappa shape index (κ1) is 35.3. The van der Waals surface area contributed by atoms with Gasteiger partial charge in [-0.15, -0.1) is 10.2 Å². The lowest BCUT2D eigenvalue weighted by atomic mass is 10.0. The second-order valence-corrected chi connectivity index (χ2v) is 13.7. The number of hydrogen-bond acceptors (Lipinski definition) is 8. The van der Waals surface area contributed by atoms with Gasteiger partial charge in [0.15, 0.2) is 0 Å². The fraction of sp³-hybridized carbons (Fsp3) is 0.647. The van der Waals surface area contributed by atoms with Crippen molar-refractivity contribution in [2.75, 3.05) is 13.2 Å². The largest absolute Gasteiger partial charge is 0.494 e. The summed E-state index contributed by atoms with van der Waals surface area (Å²) in [6.45, 7) is 1.10. The molecule has 2 fully saturated rings. The molecule has 0 spiro atoms. The number of aliphatic hydroxyl groups excluding tert-OH is 2. The van der Waals surface area contributed by atoms with E-state index in [4.69, 9.17) is 18.9 Å². The normalized spacial score (nSPS) is 25.0. The van der Waals surface area contributed by atoms with Gasteiger partial charge in [0.1, 0.15) is 11.5 Å². The van der Waals surface area contributed by atoms with E-state index in [1.165, 1.54) is 27.8 Å². The Morgan fingerprint density at radius 3 is 1.61 bits per heavy atom. The van der Waals surface area contributed by atoms with Crippen LogP contribution in [-0.4, -0.2) is 66.2 Å². The molecular formula is C34H44F3IN2O6. The van der Waals surface area contributed by atoms with Crippen LogP contribution in [0.25, 0.3) is 0 Å². The number of hydrogen-bond donors (Lipinski definition) is 2. The van der Waals surface area contributed by atoms with Gasteiger partial charge >= 0.3 is 11.8 Å². The predicted molar refractivity (Wildman–Crippen MR) is 174 cm³/mol. The van der Waals surface area contributed by atoms with Crippen molar-refractivity contribution in [3.8, 4) is 11.5 Å². The molecular weight excluding hydrogens is 714 g/mol. The molecule has 0 amide bonds. The molecule has 5 rings (SSSR count). The molecule has 2 aromatic carbocycles. The van der Waals surface area contributed by atoms with Gasteiger partial charge in [-0.1, -0.05) is 25.0 Å². The van der Waals surface area contributed by atoms with Crippen molar-refractivity contribution < 1.29 is 42.3 Å². The lowest BCUT2D eigenvalue weighted by Crippen LogP contribution is -2.33. The zero-order chi connectivity index (χ0) is 32.6. The first-order valence-corrected chi connectivity index (χ1v) is 17.5. The fourth-order valence-electron chi connectivity index (χ4n) is 6.26. The molecule has 2 N–H and O–H groups in total. The van der Waals surface area contributed by atoms with Gasteiger partial charge in [0, 0.05) is 9.13 Å². The van der Waals surface area contributed by atoms with E-state index in [9.17, 15) is 23.4 Å². The molecule has 0 aliphatic carbocycles. The van der Waals surface area contributed by atoms with Crippen LogP contribution >= 0.6 is 22.6 Å². The maximum atomic E-state index is 13.1. The highest BCUT2D eigenvalue weighted by Gasteiger charge is 2.65. The number of alkyl halides is 3. The third-order valence-corrected chi connectivity index (χ3v) is 9.75. The number of unbranched alkanes of at least 4 members (excludes halogenated alkanes) is 4. The minimum Gasteiger partial charge on any atom is -0.494 e. The van der Waals surface area contributed by atoms with Crippen molar-refractivity contribution >= 4 is 22.6 Å². The summed E-state index contributed by atoms with van der Waals surface area (Å²) in [6, 6.07) is 13.7. The lowest BCUT2D eigenvalue weighted by molar-refractivity contribution is -0.166. The minimum absolute atomic E-state index is 0.0167. The van der Waals surface area contributed by atoms with E-state index in [-0.39, 0.29) is 30.0 Å². The molecule has 3 aliphatic heterocycles. The Bertz CT molecular complexity index is 1240. The molecule has 6 atom stereocenters. The highest BCUT2D eigenvalue weighted by molar-refractivity contribution is 14.1. The van der Waals surface area contributed by atoms with Crippen LogP contribution in [-0.2, 0) is 15.1 Å². The first-order chi connectivity index (χ1) is 22.1. The molecule has 8 nitrogen and oxygen atoms in total. The fourth-order valence-corrected chi connectivity index (χ4v) is 6.62. The van der Waals surface area contributed by atoms with Crippen molar-refractivity contribution in [1.82, 2.24) is 0 Å². The van der Waals surface area contributed by atoms with Gasteiger partial charge in [0.05, 0.1) is 49.8 Å². The van der Waals surface area contributed by atoms with Gasteiger partial charge < -0.3 is 29.2 Å². The third-order valence-electron chi connectivity index (χ3n) is 9.04. The quantitative estimate of drug-likeness (QED) is 0.119. The Morgan fingerprint density at radius 2 is 1.17 bits per heavy atom. The Labute approximate surface area is 282 Å². The number of rotatable bonds is 18. The summed E-state index contributed by atoms with van der Waals surface area (Å²) < 4.78 is 64.5. The summed E-state index contributed by atoms with van der Waals surface area (Å²) in [5, 5.41) is 27.9. The van der Waals surface area contributed by atoms with Crippen LogP contribution in [0, 0.1) is 3.57 Å². The van der Waals surface area contributed by atoms with E-state index in [0.717, 1.165) is 70.0 Å². The number of ether oxygens (including phenoxy) is 4. The Balaban J connectivity index is 0.890. The molecule has 0 bridgehead atoms. The minimum atomic E-state index is -4.54. The van der Waals surface area contributed by atoms with Crippen LogP contribution in [0.15, 0.2) is 58.8 Å². The van der Waals surface area contributed by atoms with Crippen molar-refractivity contribution in [3.05, 3.63) is 57.7 Å². The van der Waals surface area contributed by atoms with Gasteiger partial charge in [0.25, 0.3) is 0 Å². The topological polar surface area (TPSA) is 102 Å². The summed E-state index contributed by atoms with van der Waals surface area (Å²) in [5.74, 6) is 1.38. The van der Waals surface area contributed by atoms with Gasteiger partial charge in [-0.3, -0.25) is 0 Å². The standard InChI is InChI=1S/C34H44F3IN2O6/c35-34(36,37)33(39-40-33)23-9-13-25(14-10-23)43-21-5-1-3-7-27(41)29-17-19-31(45-29)32-20-18-30(46-32)28(42)8-4-2-6-22-44-26-15-11-24(38)12-16-26/h9-16,27-32,41-42H,1-8,17-22H2/t27-,28-,29-,30-,31-,32-/m1/s1/i38-2. The van der Waals surface area contributed by atoms with E-state index < -0.39 is 24.0 Å². The zero-order valence-corrected chi connectivity index (χ0v) is 28.1.